The Hall–Kier alpha value is -4.35. The summed E-state index contributed by atoms with van der Waals surface area (Å²) in [6, 6.07) is 16.3. The van der Waals surface area contributed by atoms with Gasteiger partial charge in [-0.3, -0.25) is 18.6 Å². The summed E-state index contributed by atoms with van der Waals surface area (Å²) < 4.78 is 36.9. The largest absolute Gasteiger partial charge is 0.510 e. The van der Waals surface area contributed by atoms with Gasteiger partial charge in [0.05, 0.1) is 0 Å². The van der Waals surface area contributed by atoms with Gasteiger partial charge in [-0.1, -0.05) is 47.1 Å². The molecule has 1 N–H and O–H groups in total. The van der Waals surface area contributed by atoms with Crippen LogP contribution in [0.2, 0.25) is 0 Å². The zero-order valence-corrected chi connectivity index (χ0v) is 25.7. The summed E-state index contributed by atoms with van der Waals surface area (Å²) in [6.07, 6.45) is -0.804. The van der Waals surface area contributed by atoms with Crippen molar-refractivity contribution in [2.75, 3.05) is 14.2 Å². The lowest BCUT2D eigenvalue weighted by molar-refractivity contribution is -0.147. The average Bonchev–Trinajstić information content (AvgIpc) is 3.00. The van der Waals surface area contributed by atoms with Crippen LogP contribution in [-0.2, 0) is 45.6 Å². The predicted octanol–water partition coefficient (Wildman–Crippen LogP) is 5.35. The van der Waals surface area contributed by atoms with Gasteiger partial charge < -0.3 is 19.7 Å². The number of fused-ring (bicyclic) bond motifs is 2. The molecule has 0 unspecified atom stereocenters. The number of nitrogens with one attached hydrogen (secondary N) is 1. The van der Waals surface area contributed by atoms with E-state index in [1.807, 2.05) is 0 Å². The summed E-state index contributed by atoms with van der Waals surface area (Å²) in [6.45, 7) is 4.85. The van der Waals surface area contributed by atoms with Crippen LogP contribution in [0.25, 0.3) is 0 Å². The van der Waals surface area contributed by atoms with Crippen molar-refractivity contribution in [1.29, 1.82) is 0 Å². The fourth-order valence-corrected chi connectivity index (χ4v) is 4.72. The average molecular weight is 626 g/mol. The first-order chi connectivity index (χ1) is 20.8. The summed E-state index contributed by atoms with van der Waals surface area (Å²) in [4.78, 5) is 56.7. The standard InChI is InChI=1S/C31H32NO11P/c1-31(2,3)41-30(36)32-26(17-19-10-13-21(14-11-19)42-43-44(37,38-4)39-5)29(35)40-18-20-12-15-24-25(16-20)28(34)23-9-7-6-8-22(23)27(24)33/h6-16,26H,17-18H2,1-5H3,(H,32,36)/t26-/m0/s1. The van der Waals surface area contributed by atoms with Crippen molar-refractivity contribution in [2.45, 2.75) is 45.4 Å². The number of carbonyl (C=O) groups excluding carboxylic acids is 4. The van der Waals surface area contributed by atoms with Crippen molar-refractivity contribution in [1.82, 2.24) is 5.32 Å². The maximum absolute atomic E-state index is 13.2. The van der Waals surface area contributed by atoms with Crippen LogP contribution < -0.4 is 10.2 Å². The Kier molecular flexibility index (Phi) is 10.0. The van der Waals surface area contributed by atoms with Crippen molar-refractivity contribution >= 4 is 31.5 Å². The zero-order chi connectivity index (χ0) is 32.1. The van der Waals surface area contributed by atoms with Crippen molar-refractivity contribution in [2.24, 2.45) is 0 Å². The fraction of sp³-hybridized carbons (Fsp3) is 0.290. The van der Waals surface area contributed by atoms with Crippen molar-refractivity contribution in [3.8, 4) is 5.75 Å². The molecule has 0 saturated heterocycles. The Balaban J connectivity index is 1.46. The molecular weight excluding hydrogens is 593 g/mol. The van der Waals surface area contributed by atoms with Crippen LogP contribution in [0.1, 0.15) is 63.7 Å². The monoisotopic (exact) mass is 625 g/mol. The van der Waals surface area contributed by atoms with Gasteiger partial charge in [0.1, 0.15) is 18.2 Å². The molecule has 0 heterocycles. The van der Waals surface area contributed by atoms with Crippen LogP contribution in [0.15, 0.2) is 66.7 Å². The van der Waals surface area contributed by atoms with E-state index in [0.29, 0.717) is 22.3 Å². The van der Waals surface area contributed by atoms with E-state index in [9.17, 15) is 23.7 Å². The van der Waals surface area contributed by atoms with E-state index >= 15 is 0 Å². The summed E-state index contributed by atoms with van der Waals surface area (Å²) >= 11 is 0. The summed E-state index contributed by atoms with van der Waals surface area (Å²) in [5.74, 6) is -1.14. The van der Waals surface area contributed by atoms with E-state index in [0.717, 1.165) is 14.2 Å². The van der Waals surface area contributed by atoms with E-state index < -0.39 is 31.5 Å². The number of ether oxygens (including phenoxy) is 2. The van der Waals surface area contributed by atoms with E-state index in [-0.39, 0.29) is 41.5 Å². The highest BCUT2D eigenvalue weighted by Gasteiger charge is 2.30. The first-order valence-electron chi connectivity index (χ1n) is 13.5. The lowest BCUT2D eigenvalue weighted by Crippen LogP contribution is -2.45. The SMILES string of the molecule is COP(=O)(OC)OOc1ccc(C[C@H](NC(=O)OC(C)(C)C)C(=O)OCc2ccc3c(c2)C(=O)c2ccccc2C3=O)cc1. The van der Waals surface area contributed by atoms with Gasteiger partial charge in [-0.15, -0.1) is 0 Å². The molecule has 232 valence electrons. The number of amides is 1. The molecule has 0 aliphatic heterocycles. The molecule has 12 nitrogen and oxygen atoms in total. The predicted molar refractivity (Wildman–Crippen MR) is 156 cm³/mol. The van der Waals surface area contributed by atoms with E-state index in [2.05, 4.69) is 14.4 Å². The van der Waals surface area contributed by atoms with Crippen LogP contribution in [0, 0.1) is 0 Å². The molecule has 1 aliphatic rings. The third-order valence-electron chi connectivity index (χ3n) is 6.38. The zero-order valence-electron chi connectivity index (χ0n) is 24.8. The van der Waals surface area contributed by atoms with Crippen molar-refractivity contribution in [3.05, 3.63) is 100 Å². The second-order valence-corrected chi connectivity index (χ2v) is 12.5. The van der Waals surface area contributed by atoms with Gasteiger partial charge in [-0.05, 0) is 56.2 Å². The van der Waals surface area contributed by atoms with Gasteiger partial charge in [0.15, 0.2) is 17.3 Å². The molecule has 0 radical (unpaired) electrons. The number of esters is 1. The number of carbonyl (C=O) groups is 4. The van der Waals surface area contributed by atoms with E-state index in [1.165, 1.54) is 24.3 Å². The number of ketones is 2. The van der Waals surface area contributed by atoms with Crippen LogP contribution in [0.4, 0.5) is 4.79 Å². The summed E-state index contributed by atoms with van der Waals surface area (Å²) in [5, 5.41) is 2.55. The molecule has 44 heavy (non-hydrogen) atoms. The van der Waals surface area contributed by atoms with Gasteiger partial charge in [0, 0.05) is 42.9 Å². The highest BCUT2D eigenvalue weighted by Crippen LogP contribution is 2.47. The quantitative estimate of drug-likeness (QED) is 0.0993. The van der Waals surface area contributed by atoms with Crippen LogP contribution >= 0.6 is 7.82 Å². The Bertz CT molecular complexity index is 1600. The Morgan fingerprint density at radius 3 is 1.98 bits per heavy atom. The number of rotatable bonds is 11. The maximum Gasteiger partial charge on any atom is 0.510 e. The van der Waals surface area contributed by atoms with Gasteiger partial charge in [0.2, 0.25) is 0 Å². The van der Waals surface area contributed by atoms with Gasteiger partial charge >= 0.3 is 19.9 Å². The fourth-order valence-electron chi connectivity index (χ4n) is 4.28. The normalized spacial score (nSPS) is 13.4. The molecule has 0 aromatic heterocycles. The summed E-state index contributed by atoms with van der Waals surface area (Å²) in [5.41, 5.74) is 1.44. The number of hydrogen-bond acceptors (Lipinski definition) is 11. The molecule has 0 saturated carbocycles. The molecule has 1 aliphatic carbocycles. The van der Waals surface area contributed by atoms with Crippen LogP contribution in [-0.4, -0.2) is 49.5 Å². The Morgan fingerprint density at radius 2 is 1.39 bits per heavy atom. The van der Waals surface area contributed by atoms with Crippen LogP contribution in [0.3, 0.4) is 0 Å². The smallest absolute Gasteiger partial charge is 0.459 e. The minimum atomic E-state index is -3.87. The van der Waals surface area contributed by atoms with Crippen molar-refractivity contribution < 1.29 is 51.8 Å². The van der Waals surface area contributed by atoms with Crippen molar-refractivity contribution in [3.63, 3.8) is 0 Å². The minimum Gasteiger partial charge on any atom is -0.459 e. The molecule has 4 rings (SSSR count). The van der Waals surface area contributed by atoms with Crippen LogP contribution in [0.5, 0.6) is 5.75 Å². The van der Waals surface area contributed by atoms with E-state index in [4.69, 9.17) is 19.0 Å². The highest BCUT2D eigenvalue weighted by atomic mass is 31.2. The molecule has 0 spiro atoms. The van der Waals surface area contributed by atoms with Gasteiger partial charge in [-0.2, -0.15) is 0 Å². The number of alkyl carbamates (subject to hydrolysis) is 1. The second kappa shape index (κ2) is 13.5. The first-order valence-corrected chi connectivity index (χ1v) is 14.9. The highest BCUT2D eigenvalue weighted by molar-refractivity contribution is 7.48. The minimum absolute atomic E-state index is 0.0157. The molecule has 1 amide bonds. The van der Waals surface area contributed by atoms with E-state index in [1.54, 1.807) is 63.2 Å². The lowest BCUT2D eigenvalue weighted by atomic mass is 9.83. The third kappa shape index (κ3) is 7.97. The summed E-state index contributed by atoms with van der Waals surface area (Å²) in [7, 11) is -1.59. The lowest BCUT2D eigenvalue weighted by Gasteiger charge is -2.23. The third-order valence-corrected chi connectivity index (χ3v) is 7.53. The molecule has 1 atom stereocenters. The topological polar surface area (TPSA) is 153 Å². The molecule has 3 aromatic carbocycles. The Morgan fingerprint density at radius 1 is 0.818 bits per heavy atom. The number of hydrogen-bond donors (Lipinski definition) is 1. The van der Waals surface area contributed by atoms with Gasteiger partial charge in [-0.25, -0.2) is 14.2 Å². The second-order valence-electron chi connectivity index (χ2n) is 10.7. The molecular formula is C31H32NO11P. The number of benzene rings is 3. The molecule has 3 aromatic rings. The maximum atomic E-state index is 13.2. The van der Waals surface area contributed by atoms with Gasteiger partial charge in [0.25, 0.3) is 0 Å². The molecule has 0 fully saturated rings. The Labute approximate surface area is 254 Å². The first kappa shape index (κ1) is 32.6. The molecule has 0 bridgehead atoms. The number of phosphoric ester groups is 1. The molecule has 13 heteroatoms. The number of phosphoric acid groups is 1.